The second kappa shape index (κ2) is 6.22. The van der Waals surface area contributed by atoms with E-state index in [1.54, 1.807) is 24.4 Å². The minimum atomic E-state index is -0.200. The smallest absolute Gasteiger partial charge is 0.274 e. The molecule has 1 aromatic heterocycles. The molecule has 0 spiro atoms. The van der Waals surface area contributed by atoms with Crippen LogP contribution in [-0.2, 0) is 0 Å². The summed E-state index contributed by atoms with van der Waals surface area (Å²) in [6.45, 7) is 2.01. The van der Waals surface area contributed by atoms with Crippen LogP contribution in [0.15, 0.2) is 72.9 Å². The van der Waals surface area contributed by atoms with Gasteiger partial charge in [0.25, 0.3) is 5.91 Å². The predicted octanol–water partition coefficient (Wildman–Crippen LogP) is 4.31. The lowest BCUT2D eigenvalue weighted by Crippen LogP contribution is -2.14. The van der Waals surface area contributed by atoms with Crippen molar-refractivity contribution in [3.63, 3.8) is 0 Å². The number of carbonyl (C=O) groups is 1. The van der Waals surface area contributed by atoms with Crippen LogP contribution in [0, 0.1) is 6.92 Å². The Labute approximate surface area is 129 Å². The SMILES string of the molecule is Cc1c(NC(=O)c2ccccn2)cccc1-c1ccccc1. The molecule has 1 N–H and O–H groups in total. The molecule has 3 heteroatoms. The maximum absolute atomic E-state index is 12.2. The van der Waals surface area contributed by atoms with Gasteiger partial charge in [0, 0.05) is 11.9 Å². The van der Waals surface area contributed by atoms with Gasteiger partial charge in [0.2, 0.25) is 0 Å². The summed E-state index contributed by atoms with van der Waals surface area (Å²) in [5, 5.41) is 2.94. The van der Waals surface area contributed by atoms with Crippen molar-refractivity contribution >= 4 is 11.6 Å². The van der Waals surface area contributed by atoms with E-state index in [-0.39, 0.29) is 5.91 Å². The minimum absolute atomic E-state index is 0.200. The van der Waals surface area contributed by atoms with Crippen LogP contribution >= 0.6 is 0 Å². The fourth-order valence-corrected chi connectivity index (χ4v) is 2.38. The Hall–Kier alpha value is -2.94. The van der Waals surface area contributed by atoms with Crippen molar-refractivity contribution in [1.29, 1.82) is 0 Å². The third-order valence-electron chi connectivity index (χ3n) is 3.56. The van der Waals surface area contributed by atoms with Gasteiger partial charge in [-0.3, -0.25) is 9.78 Å². The molecular weight excluding hydrogens is 272 g/mol. The zero-order chi connectivity index (χ0) is 15.4. The molecule has 0 atom stereocenters. The van der Waals surface area contributed by atoms with Crippen LogP contribution in [0.3, 0.4) is 0 Å². The number of rotatable bonds is 3. The van der Waals surface area contributed by atoms with E-state index >= 15 is 0 Å². The lowest BCUT2D eigenvalue weighted by atomic mass is 9.99. The van der Waals surface area contributed by atoms with Crippen molar-refractivity contribution in [2.24, 2.45) is 0 Å². The van der Waals surface area contributed by atoms with Crippen LogP contribution in [0.1, 0.15) is 16.1 Å². The first-order valence-corrected chi connectivity index (χ1v) is 7.13. The van der Waals surface area contributed by atoms with E-state index in [1.165, 1.54) is 0 Å². The quantitative estimate of drug-likeness (QED) is 0.780. The Morgan fingerprint density at radius 2 is 1.68 bits per heavy atom. The van der Waals surface area contributed by atoms with Crippen LogP contribution in [0.4, 0.5) is 5.69 Å². The normalized spacial score (nSPS) is 10.2. The predicted molar refractivity (Wildman–Crippen MR) is 88.8 cm³/mol. The summed E-state index contributed by atoms with van der Waals surface area (Å²) in [6, 6.07) is 21.3. The number of aromatic nitrogens is 1. The van der Waals surface area contributed by atoms with Gasteiger partial charge < -0.3 is 5.32 Å². The first-order valence-electron chi connectivity index (χ1n) is 7.13. The van der Waals surface area contributed by atoms with Crippen LogP contribution in [0.2, 0.25) is 0 Å². The maximum atomic E-state index is 12.2. The average molecular weight is 288 g/mol. The number of amides is 1. The van der Waals surface area contributed by atoms with Crippen LogP contribution in [0.25, 0.3) is 11.1 Å². The largest absolute Gasteiger partial charge is 0.320 e. The average Bonchev–Trinajstić information content (AvgIpc) is 2.58. The molecule has 0 unspecified atom stereocenters. The highest BCUT2D eigenvalue weighted by Gasteiger charge is 2.10. The number of anilines is 1. The standard InChI is InChI=1S/C19H16N2O/c1-14-16(15-8-3-2-4-9-15)10-7-12-17(14)21-19(22)18-11-5-6-13-20-18/h2-13H,1H3,(H,21,22). The summed E-state index contributed by atoms with van der Waals surface area (Å²) in [6.07, 6.45) is 1.61. The van der Waals surface area contributed by atoms with E-state index < -0.39 is 0 Å². The summed E-state index contributed by atoms with van der Waals surface area (Å²) in [4.78, 5) is 16.3. The van der Waals surface area contributed by atoms with E-state index in [1.807, 2.05) is 37.3 Å². The number of hydrogen-bond acceptors (Lipinski definition) is 2. The number of hydrogen-bond donors (Lipinski definition) is 1. The molecule has 1 heterocycles. The Bertz CT molecular complexity index is 783. The van der Waals surface area contributed by atoms with Crippen molar-refractivity contribution in [2.75, 3.05) is 5.32 Å². The molecule has 108 valence electrons. The summed E-state index contributed by atoms with van der Waals surface area (Å²) in [7, 11) is 0. The van der Waals surface area contributed by atoms with Crippen molar-refractivity contribution in [2.45, 2.75) is 6.92 Å². The number of nitrogens with zero attached hydrogens (tertiary/aromatic N) is 1. The number of carbonyl (C=O) groups excluding carboxylic acids is 1. The van der Waals surface area contributed by atoms with E-state index in [0.29, 0.717) is 5.69 Å². The van der Waals surface area contributed by atoms with Crippen molar-refractivity contribution < 1.29 is 4.79 Å². The summed E-state index contributed by atoms with van der Waals surface area (Å²) in [5.41, 5.74) is 4.50. The van der Waals surface area contributed by atoms with Gasteiger partial charge in [0.05, 0.1) is 0 Å². The van der Waals surface area contributed by atoms with Crippen LogP contribution < -0.4 is 5.32 Å². The molecule has 3 aromatic rings. The first-order chi connectivity index (χ1) is 10.8. The zero-order valence-corrected chi connectivity index (χ0v) is 12.3. The third kappa shape index (κ3) is 2.88. The van der Waals surface area contributed by atoms with Gasteiger partial charge >= 0.3 is 0 Å². The molecule has 3 rings (SSSR count). The Kier molecular flexibility index (Phi) is 3.97. The molecule has 2 aromatic carbocycles. The molecule has 1 amide bonds. The molecular formula is C19H16N2O. The van der Waals surface area contributed by atoms with Gasteiger partial charge in [-0.25, -0.2) is 0 Å². The van der Waals surface area contributed by atoms with Gasteiger partial charge in [-0.15, -0.1) is 0 Å². The maximum Gasteiger partial charge on any atom is 0.274 e. The van der Waals surface area contributed by atoms with E-state index in [4.69, 9.17) is 0 Å². The zero-order valence-electron chi connectivity index (χ0n) is 12.3. The Morgan fingerprint density at radius 3 is 2.41 bits per heavy atom. The highest BCUT2D eigenvalue weighted by Crippen LogP contribution is 2.28. The summed E-state index contributed by atoms with van der Waals surface area (Å²) < 4.78 is 0. The number of benzene rings is 2. The topological polar surface area (TPSA) is 42.0 Å². The second-order valence-corrected chi connectivity index (χ2v) is 5.01. The van der Waals surface area contributed by atoms with Gasteiger partial charge in [0.1, 0.15) is 5.69 Å². The lowest BCUT2D eigenvalue weighted by molar-refractivity contribution is 0.102. The monoisotopic (exact) mass is 288 g/mol. The highest BCUT2D eigenvalue weighted by atomic mass is 16.1. The Balaban J connectivity index is 1.91. The van der Waals surface area contributed by atoms with Gasteiger partial charge in [0.15, 0.2) is 0 Å². The number of pyridine rings is 1. The van der Waals surface area contributed by atoms with Crippen LogP contribution in [0.5, 0.6) is 0 Å². The molecule has 0 saturated heterocycles. The van der Waals surface area contributed by atoms with E-state index in [0.717, 1.165) is 22.4 Å². The van der Waals surface area contributed by atoms with E-state index in [9.17, 15) is 4.79 Å². The molecule has 0 aliphatic carbocycles. The molecule has 22 heavy (non-hydrogen) atoms. The third-order valence-corrected chi connectivity index (χ3v) is 3.56. The summed E-state index contributed by atoms with van der Waals surface area (Å²) in [5.74, 6) is -0.200. The minimum Gasteiger partial charge on any atom is -0.320 e. The van der Waals surface area contributed by atoms with Gasteiger partial charge in [-0.2, -0.15) is 0 Å². The number of nitrogens with one attached hydrogen (secondary N) is 1. The van der Waals surface area contributed by atoms with Crippen molar-refractivity contribution in [1.82, 2.24) is 4.98 Å². The van der Waals surface area contributed by atoms with Gasteiger partial charge in [-0.1, -0.05) is 48.5 Å². The Morgan fingerprint density at radius 1 is 0.909 bits per heavy atom. The molecule has 0 bridgehead atoms. The van der Waals surface area contributed by atoms with Crippen molar-refractivity contribution in [3.8, 4) is 11.1 Å². The van der Waals surface area contributed by atoms with Crippen molar-refractivity contribution in [3.05, 3.63) is 84.2 Å². The highest BCUT2D eigenvalue weighted by molar-refractivity contribution is 6.03. The molecule has 0 radical (unpaired) electrons. The summed E-state index contributed by atoms with van der Waals surface area (Å²) >= 11 is 0. The second-order valence-electron chi connectivity index (χ2n) is 5.01. The van der Waals surface area contributed by atoms with Gasteiger partial charge in [-0.05, 0) is 41.8 Å². The first kappa shape index (κ1) is 14.0. The molecule has 0 aliphatic heterocycles. The molecule has 0 saturated carbocycles. The van der Waals surface area contributed by atoms with Crippen LogP contribution in [-0.4, -0.2) is 10.9 Å². The molecule has 3 nitrogen and oxygen atoms in total. The molecule has 0 fully saturated rings. The van der Waals surface area contributed by atoms with E-state index in [2.05, 4.69) is 28.5 Å². The lowest BCUT2D eigenvalue weighted by Gasteiger charge is -2.12. The fourth-order valence-electron chi connectivity index (χ4n) is 2.38. The molecule has 0 aliphatic rings. The fraction of sp³-hybridized carbons (Fsp3) is 0.0526.